The van der Waals surface area contributed by atoms with Crippen molar-refractivity contribution in [2.45, 2.75) is 43.6 Å². The van der Waals surface area contributed by atoms with Crippen LogP contribution in [0.4, 0.5) is 0 Å². The molecule has 4 aliphatic rings. The van der Waals surface area contributed by atoms with Crippen molar-refractivity contribution in [3.8, 4) is 0 Å². The summed E-state index contributed by atoms with van der Waals surface area (Å²) in [6.07, 6.45) is 2.34. The second kappa shape index (κ2) is 5.40. The second-order valence-electron chi connectivity index (χ2n) is 7.52. The predicted octanol–water partition coefficient (Wildman–Crippen LogP) is 0.182. The van der Waals surface area contributed by atoms with E-state index in [4.69, 9.17) is 14.2 Å². The van der Waals surface area contributed by atoms with Crippen molar-refractivity contribution in [3.05, 3.63) is 23.8 Å². The number of cyclic esters (lactones) is 1. The molecule has 1 N–H and O–H groups in total. The molecule has 3 saturated heterocycles. The molecular formula is C18H23NO6. The number of ether oxygens (including phenoxy) is 3. The molecule has 0 saturated carbocycles. The molecule has 1 spiro atoms. The number of carbonyl (C=O) groups is 2. The second-order valence-corrected chi connectivity index (χ2v) is 7.52. The van der Waals surface area contributed by atoms with E-state index in [1.807, 2.05) is 6.08 Å². The lowest BCUT2D eigenvalue weighted by molar-refractivity contribution is -0.180. The summed E-state index contributed by atoms with van der Waals surface area (Å²) in [7, 11) is 0. The van der Waals surface area contributed by atoms with Crippen molar-refractivity contribution in [3.63, 3.8) is 0 Å². The third kappa shape index (κ3) is 2.29. The summed E-state index contributed by atoms with van der Waals surface area (Å²) < 4.78 is 16.6. The Morgan fingerprint density at radius 2 is 2.12 bits per heavy atom. The van der Waals surface area contributed by atoms with Crippen LogP contribution >= 0.6 is 0 Å². The van der Waals surface area contributed by atoms with Gasteiger partial charge in [-0.25, -0.2) is 9.59 Å². The summed E-state index contributed by atoms with van der Waals surface area (Å²) >= 11 is 0. The predicted molar refractivity (Wildman–Crippen MR) is 86.5 cm³/mol. The van der Waals surface area contributed by atoms with Gasteiger partial charge in [-0.05, 0) is 18.9 Å². The first-order valence-corrected chi connectivity index (χ1v) is 8.64. The summed E-state index contributed by atoms with van der Waals surface area (Å²) in [5.41, 5.74) is -1.96. The van der Waals surface area contributed by atoms with E-state index >= 15 is 0 Å². The molecule has 0 aromatic heterocycles. The van der Waals surface area contributed by atoms with Gasteiger partial charge in [-0.15, -0.1) is 0 Å². The van der Waals surface area contributed by atoms with Crippen molar-refractivity contribution in [2.75, 3.05) is 26.3 Å². The molecule has 4 heterocycles. The van der Waals surface area contributed by atoms with Gasteiger partial charge in [0.15, 0.2) is 5.60 Å². The number of epoxide rings is 1. The Kier molecular flexibility index (Phi) is 3.62. The Morgan fingerprint density at radius 3 is 2.80 bits per heavy atom. The highest BCUT2D eigenvalue weighted by Crippen LogP contribution is 2.48. The molecule has 0 aliphatic carbocycles. The van der Waals surface area contributed by atoms with Crippen LogP contribution in [0.1, 0.15) is 20.3 Å². The van der Waals surface area contributed by atoms with Crippen LogP contribution in [-0.4, -0.2) is 71.6 Å². The van der Waals surface area contributed by atoms with Gasteiger partial charge < -0.3 is 19.3 Å². The van der Waals surface area contributed by atoms with E-state index in [-0.39, 0.29) is 30.9 Å². The van der Waals surface area contributed by atoms with Gasteiger partial charge in [-0.1, -0.05) is 19.6 Å². The van der Waals surface area contributed by atoms with Crippen molar-refractivity contribution in [1.82, 2.24) is 4.90 Å². The number of carbonyl (C=O) groups excluding carboxylic acids is 2. The van der Waals surface area contributed by atoms with Gasteiger partial charge in [0, 0.05) is 24.6 Å². The molecule has 4 rings (SSSR count). The van der Waals surface area contributed by atoms with Gasteiger partial charge in [0.1, 0.15) is 18.3 Å². The minimum atomic E-state index is -1.87. The van der Waals surface area contributed by atoms with E-state index in [1.165, 1.54) is 6.92 Å². The fourth-order valence-corrected chi connectivity index (χ4v) is 4.28. The molecule has 25 heavy (non-hydrogen) atoms. The molecule has 136 valence electrons. The monoisotopic (exact) mass is 349 g/mol. The van der Waals surface area contributed by atoms with Crippen LogP contribution in [0, 0.1) is 5.92 Å². The molecule has 5 unspecified atom stereocenters. The number of nitrogens with zero attached hydrogens (tertiary/aromatic N) is 1. The zero-order chi connectivity index (χ0) is 18.0. The standard InChI is InChI=1S/C18H23NO6/c1-10-11(2)18(9-24-18)17(3,22)16(21)25-13-5-7-19-6-4-12(14(13)19)8-23-15(10)20/h4,11,13-14,22H,1,5-9H2,2-3H3. The van der Waals surface area contributed by atoms with Crippen LogP contribution in [0.2, 0.25) is 0 Å². The highest BCUT2D eigenvalue weighted by atomic mass is 16.6. The summed E-state index contributed by atoms with van der Waals surface area (Å²) in [6.45, 7) is 8.76. The van der Waals surface area contributed by atoms with E-state index in [1.54, 1.807) is 6.92 Å². The van der Waals surface area contributed by atoms with Crippen LogP contribution < -0.4 is 0 Å². The van der Waals surface area contributed by atoms with Crippen LogP contribution in [0.5, 0.6) is 0 Å². The zero-order valence-corrected chi connectivity index (χ0v) is 14.5. The SMILES string of the molecule is C=C1C(=O)OCC2=CCN3CCC(OC(=O)C(C)(O)C4(CO4)C1C)C23. The third-order valence-electron chi connectivity index (χ3n) is 6.20. The molecule has 0 amide bonds. The maximum atomic E-state index is 12.8. The van der Waals surface area contributed by atoms with Crippen LogP contribution in [0.15, 0.2) is 23.8 Å². The van der Waals surface area contributed by atoms with Gasteiger partial charge in [0.25, 0.3) is 0 Å². The molecule has 3 fully saturated rings. The number of aliphatic hydroxyl groups is 1. The van der Waals surface area contributed by atoms with Crippen molar-refractivity contribution < 1.29 is 28.9 Å². The topological polar surface area (TPSA) is 88.6 Å². The summed E-state index contributed by atoms with van der Waals surface area (Å²) in [5, 5.41) is 10.9. The Morgan fingerprint density at radius 1 is 1.40 bits per heavy atom. The summed E-state index contributed by atoms with van der Waals surface area (Å²) in [4.78, 5) is 27.4. The van der Waals surface area contributed by atoms with Crippen molar-refractivity contribution >= 4 is 11.9 Å². The average molecular weight is 349 g/mol. The van der Waals surface area contributed by atoms with Gasteiger partial charge in [0.2, 0.25) is 0 Å². The van der Waals surface area contributed by atoms with Gasteiger partial charge in [0.05, 0.1) is 12.6 Å². The molecular weight excluding hydrogens is 326 g/mol. The zero-order valence-electron chi connectivity index (χ0n) is 14.5. The Bertz CT molecular complexity index is 677. The number of hydrogen-bond acceptors (Lipinski definition) is 7. The van der Waals surface area contributed by atoms with Crippen molar-refractivity contribution in [1.29, 1.82) is 0 Å². The molecule has 0 bridgehead atoms. The van der Waals surface area contributed by atoms with E-state index in [0.717, 1.165) is 18.7 Å². The van der Waals surface area contributed by atoms with Gasteiger partial charge in [-0.3, -0.25) is 4.90 Å². The molecule has 4 aliphatic heterocycles. The van der Waals surface area contributed by atoms with Crippen LogP contribution in [0.3, 0.4) is 0 Å². The lowest BCUT2D eigenvalue weighted by Gasteiger charge is -2.35. The van der Waals surface area contributed by atoms with E-state index < -0.39 is 29.1 Å². The molecule has 5 atom stereocenters. The lowest BCUT2D eigenvalue weighted by Crippen LogP contribution is -2.56. The van der Waals surface area contributed by atoms with E-state index in [9.17, 15) is 14.7 Å². The van der Waals surface area contributed by atoms with Gasteiger partial charge in [-0.2, -0.15) is 0 Å². The minimum Gasteiger partial charge on any atom is -0.458 e. The quantitative estimate of drug-likeness (QED) is 0.289. The number of esters is 2. The van der Waals surface area contributed by atoms with E-state index in [2.05, 4.69) is 11.5 Å². The fourth-order valence-electron chi connectivity index (χ4n) is 4.28. The summed E-state index contributed by atoms with van der Waals surface area (Å²) in [5.74, 6) is -1.81. The number of rotatable bonds is 0. The van der Waals surface area contributed by atoms with Crippen molar-refractivity contribution in [2.24, 2.45) is 5.92 Å². The normalized spacial score (nSPS) is 44.5. The Labute approximate surface area is 146 Å². The minimum absolute atomic E-state index is 0.103. The molecule has 0 aromatic rings. The molecule has 7 nitrogen and oxygen atoms in total. The third-order valence-corrected chi connectivity index (χ3v) is 6.20. The fraction of sp³-hybridized carbons (Fsp3) is 0.667. The largest absolute Gasteiger partial charge is 0.458 e. The highest BCUT2D eigenvalue weighted by Gasteiger charge is 2.67. The maximum absolute atomic E-state index is 12.8. The molecule has 7 heteroatoms. The van der Waals surface area contributed by atoms with Gasteiger partial charge >= 0.3 is 11.9 Å². The molecule has 0 radical (unpaired) electrons. The lowest BCUT2D eigenvalue weighted by atomic mass is 9.76. The average Bonchev–Trinajstić information content (AvgIpc) is 3.17. The first-order chi connectivity index (χ1) is 11.8. The van der Waals surface area contributed by atoms with Crippen LogP contribution in [-0.2, 0) is 23.8 Å². The smallest absolute Gasteiger partial charge is 0.341 e. The Hall–Kier alpha value is -1.70. The van der Waals surface area contributed by atoms with Crippen LogP contribution in [0.25, 0.3) is 0 Å². The van der Waals surface area contributed by atoms with E-state index in [0.29, 0.717) is 6.42 Å². The first-order valence-electron chi connectivity index (χ1n) is 8.64. The summed E-state index contributed by atoms with van der Waals surface area (Å²) in [6, 6.07) is -0.103. The highest BCUT2D eigenvalue weighted by molar-refractivity contribution is 5.90. The number of hydrogen-bond donors (Lipinski definition) is 1. The first kappa shape index (κ1) is 16.8. The Balaban J connectivity index is 1.70. The molecule has 0 aromatic carbocycles. The maximum Gasteiger partial charge on any atom is 0.341 e.